The number of hydrogen-bond donors (Lipinski definition) is 1. The second-order valence-corrected chi connectivity index (χ2v) is 4.46. The smallest absolute Gasteiger partial charge is 0.123 e. The highest BCUT2D eigenvalue weighted by atomic mass is 79.9. The van der Waals surface area contributed by atoms with Gasteiger partial charge in [-0.15, -0.1) is 0 Å². The molecule has 16 heavy (non-hydrogen) atoms. The van der Waals surface area contributed by atoms with Gasteiger partial charge in [0.15, 0.2) is 0 Å². The molecule has 0 aliphatic carbocycles. The zero-order valence-corrected chi connectivity index (χ0v) is 11.3. The van der Waals surface area contributed by atoms with Crippen molar-refractivity contribution in [1.29, 1.82) is 0 Å². The fourth-order valence-electron chi connectivity index (χ4n) is 1.60. The van der Waals surface area contributed by atoms with Crippen molar-refractivity contribution >= 4 is 15.9 Å². The van der Waals surface area contributed by atoms with Crippen LogP contribution in [0.25, 0.3) is 0 Å². The van der Waals surface area contributed by atoms with Crippen molar-refractivity contribution in [2.45, 2.75) is 13.5 Å². The van der Waals surface area contributed by atoms with Gasteiger partial charge in [-0.25, -0.2) is 0 Å². The van der Waals surface area contributed by atoms with Crippen molar-refractivity contribution in [3.8, 4) is 5.75 Å². The van der Waals surface area contributed by atoms with Crippen LogP contribution in [0.1, 0.15) is 12.5 Å². The average molecular weight is 288 g/mol. The molecular weight excluding hydrogens is 270 g/mol. The molecule has 0 saturated carbocycles. The maximum absolute atomic E-state index is 8.94. The molecule has 0 aromatic heterocycles. The molecule has 1 N–H and O–H groups in total. The van der Waals surface area contributed by atoms with E-state index < -0.39 is 0 Å². The minimum Gasteiger partial charge on any atom is -0.496 e. The fraction of sp³-hybridized carbons (Fsp3) is 0.500. The summed E-state index contributed by atoms with van der Waals surface area (Å²) in [6.45, 7) is 4.66. The van der Waals surface area contributed by atoms with Gasteiger partial charge in [0.05, 0.1) is 13.7 Å². The Morgan fingerprint density at radius 3 is 2.75 bits per heavy atom. The summed E-state index contributed by atoms with van der Waals surface area (Å²) in [6, 6.07) is 5.97. The first-order chi connectivity index (χ1) is 7.71. The van der Waals surface area contributed by atoms with E-state index in [4.69, 9.17) is 9.84 Å². The van der Waals surface area contributed by atoms with E-state index in [0.717, 1.165) is 28.9 Å². The molecular formula is C12H18BrNO2. The summed E-state index contributed by atoms with van der Waals surface area (Å²) in [4.78, 5) is 2.17. The monoisotopic (exact) mass is 287 g/mol. The number of rotatable bonds is 6. The van der Waals surface area contributed by atoms with Crippen LogP contribution in [0.5, 0.6) is 5.75 Å². The van der Waals surface area contributed by atoms with Crippen LogP contribution in [-0.2, 0) is 6.54 Å². The summed E-state index contributed by atoms with van der Waals surface area (Å²) in [5, 5.41) is 8.94. The van der Waals surface area contributed by atoms with Crippen LogP contribution in [0.3, 0.4) is 0 Å². The Kier molecular flexibility index (Phi) is 5.80. The van der Waals surface area contributed by atoms with Gasteiger partial charge >= 0.3 is 0 Å². The Balaban J connectivity index is 2.80. The zero-order valence-electron chi connectivity index (χ0n) is 9.74. The molecule has 0 saturated heterocycles. The summed E-state index contributed by atoms with van der Waals surface area (Å²) in [7, 11) is 1.68. The molecule has 0 spiro atoms. The number of ether oxygens (including phenoxy) is 1. The maximum Gasteiger partial charge on any atom is 0.123 e. The normalized spacial score (nSPS) is 10.8. The third-order valence-electron chi connectivity index (χ3n) is 2.50. The van der Waals surface area contributed by atoms with Gasteiger partial charge in [0, 0.05) is 23.1 Å². The van der Waals surface area contributed by atoms with Crippen molar-refractivity contribution in [2.24, 2.45) is 0 Å². The van der Waals surface area contributed by atoms with E-state index in [1.165, 1.54) is 0 Å². The van der Waals surface area contributed by atoms with E-state index >= 15 is 0 Å². The molecule has 0 bridgehead atoms. The zero-order chi connectivity index (χ0) is 12.0. The van der Waals surface area contributed by atoms with Gasteiger partial charge < -0.3 is 9.84 Å². The number of hydrogen-bond acceptors (Lipinski definition) is 3. The predicted octanol–water partition coefficient (Wildman–Crippen LogP) is 2.27. The number of halogens is 1. The van der Waals surface area contributed by atoms with Crippen LogP contribution in [0.15, 0.2) is 22.7 Å². The number of aliphatic hydroxyl groups is 1. The van der Waals surface area contributed by atoms with Crippen molar-refractivity contribution in [1.82, 2.24) is 4.90 Å². The van der Waals surface area contributed by atoms with Gasteiger partial charge in [-0.1, -0.05) is 22.9 Å². The molecule has 90 valence electrons. The highest BCUT2D eigenvalue weighted by molar-refractivity contribution is 9.10. The molecule has 0 unspecified atom stereocenters. The molecule has 0 aliphatic heterocycles. The molecule has 0 fully saturated rings. The minimum absolute atomic E-state index is 0.185. The largest absolute Gasteiger partial charge is 0.496 e. The van der Waals surface area contributed by atoms with Crippen LogP contribution in [0.4, 0.5) is 0 Å². The highest BCUT2D eigenvalue weighted by Gasteiger charge is 2.08. The highest BCUT2D eigenvalue weighted by Crippen LogP contribution is 2.24. The Labute approximate surface area is 105 Å². The SMILES string of the molecule is CCN(CCO)Cc1cc(Br)ccc1OC. The minimum atomic E-state index is 0.185. The van der Waals surface area contributed by atoms with Crippen LogP contribution < -0.4 is 4.74 Å². The molecule has 0 atom stereocenters. The first kappa shape index (κ1) is 13.5. The lowest BCUT2D eigenvalue weighted by Crippen LogP contribution is -2.26. The topological polar surface area (TPSA) is 32.7 Å². The number of aliphatic hydroxyl groups excluding tert-OH is 1. The summed E-state index contributed by atoms with van der Waals surface area (Å²) in [5.41, 5.74) is 1.13. The van der Waals surface area contributed by atoms with Gasteiger partial charge in [0.25, 0.3) is 0 Å². The maximum atomic E-state index is 8.94. The number of nitrogens with zero attached hydrogens (tertiary/aromatic N) is 1. The lowest BCUT2D eigenvalue weighted by atomic mass is 10.2. The van der Waals surface area contributed by atoms with E-state index in [9.17, 15) is 0 Å². The van der Waals surface area contributed by atoms with Gasteiger partial charge in [0.1, 0.15) is 5.75 Å². The van der Waals surface area contributed by atoms with Gasteiger partial charge in [-0.05, 0) is 24.7 Å². The van der Waals surface area contributed by atoms with E-state index in [-0.39, 0.29) is 6.61 Å². The third kappa shape index (κ3) is 3.77. The summed E-state index contributed by atoms with van der Waals surface area (Å²) >= 11 is 3.45. The second-order valence-electron chi connectivity index (χ2n) is 3.55. The Morgan fingerprint density at radius 1 is 1.44 bits per heavy atom. The third-order valence-corrected chi connectivity index (χ3v) is 2.99. The van der Waals surface area contributed by atoms with Crippen LogP contribution in [0.2, 0.25) is 0 Å². The van der Waals surface area contributed by atoms with Gasteiger partial charge in [-0.3, -0.25) is 4.90 Å². The fourth-order valence-corrected chi connectivity index (χ4v) is 2.01. The molecule has 1 rings (SSSR count). The molecule has 1 aromatic carbocycles. The van der Waals surface area contributed by atoms with E-state index in [1.54, 1.807) is 7.11 Å². The lowest BCUT2D eigenvalue weighted by molar-refractivity contribution is 0.195. The number of methoxy groups -OCH3 is 1. The summed E-state index contributed by atoms with van der Waals surface area (Å²) < 4.78 is 6.36. The molecule has 0 aliphatic rings. The first-order valence-electron chi connectivity index (χ1n) is 5.36. The molecule has 0 amide bonds. The van der Waals surface area contributed by atoms with Crippen molar-refractivity contribution in [3.63, 3.8) is 0 Å². The first-order valence-corrected chi connectivity index (χ1v) is 6.16. The average Bonchev–Trinajstić information content (AvgIpc) is 2.29. The van der Waals surface area contributed by atoms with Crippen molar-refractivity contribution in [2.75, 3.05) is 26.8 Å². The predicted molar refractivity (Wildman–Crippen MR) is 68.7 cm³/mol. The van der Waals surface area contributed by atoms with E-state index in [1.807, 2.05) is 12.1 Å². The Bertz CT molecular complexity index is 331. The lowest BCUT2D eigenvalue weighted by Gasteiger charge is -2.20. The Hall–Kier alpha value is -0.580. The molecule has 4 heteroatoms. The van der Waals surface area contributed by atoms with E-state index in [0.29, 0.717) is 6.54 Å². The molecule has 3 nitrogen and oxygen atoms in total. The van der Waals surface area contributed by atoms with Gasteiger partial charge in [0.2, 0.25) is 0 Å². The number of benzene rings is 1. The summed E-state index contributed by atoms with van der Waals surface area (Å²) in [6.07, 6.45) is 0. The molecule has 0 radical (unpaired) electrons. The summed E-state index contributed by atoms with van der Waals surface area (Å²) in [5.74, 6) is 0.889. The molecule has 0 heterocycles. The number of likely N-dealkylation sites (N-methyl/N-ethyl adjacent to an activating group) is 1. The Morgan fingerprint density at radius 2 is 2.19 bits per heavy atom. The van der Waals surface area contributed by atoms with Crippen LogP contribution in [0, 0.1) is 0 Å². The van der Waals surface area contributed by atoms with Crippen molar-refractivity contribution < 1.29 is 9.84 Å². The second kappa shape index (κ2) is 6.89. The van der Waals surface area contributed by atoms with Crippen LogP contribution in [-0.4, -0.2) is 36.8 Å². The van der Waals surface area contributed by atoms with Crippen molar-refractivity contribution in [3.05, 3.63) is 28.2 Å². The standard InChI is InChI=1S/C12H18BrNO2/c1-3-14(6-7-15)9-10-8-11(13)4-5-12(10)16-2/h4-5,8,15H,3,6-7,9H2,1-2H3. The van der Waals surface area contributed by atoms with E-state index in [2.05, 4.69) is 33.8 Å². The van der Waals surface area contributed by atoms with Crippen LogP contribution >= 0.6 is 15.9 Å². The molecule has 1 aromatic rings. The quantitative estimate of drug-likeness (QED) is 0.871. The van der Waals surface area contributed by atoms with Gasteiger partial charge in [-0.2, -0.15) is 0 Å².